The van der Waals surface area contributed by atoms with Crippen molar-refractivity contribution >= 4 is 6.09 Å². The molecule has 2 aromatic rings. The SMILES string of the molecule is CCc1cccc(C(O)C(O)CNC(=O)OCc2ccccc2)c1. The summed E-state index contributed by atoms with van der Waals surface area (Å²) in [6, 6.07) is 16.7. The molecule has 2 rings (SSSR count). The van der Waals surface area contributed by atoms with Crippen molar-refractivity contribution in [3.63, 3.8) is 0 Å². The number of benzene rings is 2. The van der Waals surface area contributed by atoms with E-state index in [0.29, 0.717) is 5.56 Å². The molecule has 0 fully saturated rings. The second-order valence-corrected chi connectivity index (χ2v) is 5.55. The Bertz CT molecular complexity index is 645. The van der Waals surface area contributed by atoms with E-state index in [1.165, 1.54) is 0 Å². The van der Waals surface area contributed by atoms with Crippen LogP contribution in [0.2, 0.25) is 0 Å². The van der Waals surface area contributed by atoms with E-state index in [0.717, 1.165) is 17.5 Å². The molecular weight excluding hydrogens is 306 g/mol. The molecular formula is C19H23NO4. The third-order valence-electron chi connectivity index (χ3n) is 3.73. The fraction of sp³-hybridized carbons (Fsp3) is 0.316. The average Bonchev–Trinajstić information content (AvgIpc) is 2.64. The van der Waals surface area contributed by atoms with Crippen molar-refractivity contribution in [1.29, 1.82) is 0 Å². The van der Waals surface area contributed by atoms with Gasteiger partial charge in [0.15, 0.2) is 0 Å². The van der Waals surface area contributed by atoms with E-state index in [4.69, 9.17) is 4.74 Å². The molecule has 5 heteroatoms. The molecule has 2 atom stereocenters. The summed E-state index contributed by atoms with van der Waals surface area (Å²) < 4.78 is 5.06. The van der Waals surface area contributed by atoms with Gasteiger partial charge < -0.3 is 20.3 Å². The van der Waals surface area contributed by atoms with Crippen LogP contribution in [0.25, 0.3) is 0 Å². The maximum absolute atomic E-state index is 11.7. The number of hydrogen-bond acceptors (Lipinski definition) is 4. The summed E-state index contributed by atoms with van der Waals surface area (Å²) in [6.45, 7) is 2.08. The van der Waals surface area contributed by atoms with Gasteiger partial charge in [0, 0.05) is 6.54 Å². The minimum atomic E-state index is -1.11. The van der Waals surface area contributed by atoms with Crippen molar-refractivity contribution < 1.29 is 19.7 Å². The number of carbonyl (C=O) groups is 1. The van der Waals surface area contributed by atoms with Gasteiger partial charge in [-0.15, -0.1) is 0 Å². The van der Waals surface area contributed by atoms with E-state index in [-0.39, 0.29) is 13.2 Å². The highest BCUT2D eigenvalue weighted by molar-refractivity contribution is 5.67. The van der Waals surface area contributed by atoms with Gasteiger partial charge in [-0.05, 0) is 23.1 Å². The first-order valence-electron chi connectivity index (χ1n) is 7.99. The molecule has 3 N–H and O–H groups in total. The van der Waals surface area contributed by atoms with Gasteiger partial charge in [-0.25, -0.2) is 4.79 Å². The lowest BCUT2D eigenvalue weighted by molar-refractivity contribution is 0.0183. The molecule has 0 spiro atoms. The van der Waals surface area contributed by atoms with Crippen LogP contribution in [-0.2, 0) is 17.8 Å². The number of aliphatic hydroxyl groups is 2. The molecule has 1 amide bonds. The second-order valence-electron chi connectivity index (χ2n) is 5.55. The summed E-state index contributed by atoms with van der Waals surface area (Å²) >= 11 is 0. The third-order valence-corrected chi connectivity index (χ3v) is 3.73. The molecule has 128 valence electrons. The average molecular weight is 329 g/mol. The highest BCUT2D eigenvalue weighted by Gasteiger charge is 2.19. The van der Waals surface area contributed by atoms with E-state index >= 15 is 0 Å². The molecule has 2 unspecified atom stereocenters. The van der Waals surface area contributed by atoms with Crippen LogP contribution < -0.4 is 5.32 Å². The number of ether oxygens (including phenoxy) is 1. The van der Waals surface area contributed by atoms with Crippen LogP contribution in [0.5, 0.6) is 0 Å². The van der Waals surface area contributed by atoms with Crippen LogP contribution in [0.1, 0.15) is 29.7 Å². The van der Waals surface area contributed by atoms with Crippen LogP contribution in [-0.4, -0.2) is 29.0 Å². The molecule has 2 aromatic carbocycles. The maximum atomic E-state index is 11.7. The van der Waals surface area contributed by atoms with Crippen molar-refractivity contribution in [2.24, 2.45) is 0 Å². The number of aliphatic hydroxyl groups excluding tert-OH is 2. The summed E-state index contributed by atoms with van der Waals surface area (Å²) in [7, 11) is 0. The van der Waals surface area contributed by atoms with Crippen LogP contribution in [0, 0.1) is 0 Å². The smallest absolute Gasteiger partial charge is 0.407 e. The van der Waals surface area contributed by atoms with E-state index in [1.807, 2.05) is 55.5 Å². The zero-order valence-electron chi connectivity index (χ0n) is 13.7. The van der Waals surface area contributed by atoms with E-state index < -0.39 is 18.3 Å². The quantitative estimate of drug-likeness (QED) is 0.729. The molecule has 0 aliphatic heterocycles. The highest BCUT2D eigenvalue weighted by atomic mass is 16.5. The summed E-state index contributed by atoms with van der Waals surface area (Å²) in [6.07, 6.45) is -1.96. The Balaban J connectivity index is 1.79. The predicted octanol–water partition coefficient (Wildman–Crippen LogP) is 2.57. The highest BCUT2D eigenvalue weighted by Crippen LogP contribution is 2.18. The Morgan fingerprint density at radius 3 is 2.50 bits per heavy atom. The van der Waals surface area contributed by atoms with Crippen LogP contribution in [0.4, 0.5) is 4.79 Å². The number of amides is 1. The Hall–Kier alpha value is -2.37. The Morgan fingerprint density at radius 1 is 1.08 bits per heavy atom. The number of alkyl carbamates (subject to hydrolysis) is 1. The van der Waals surface area contributed by atoms with E-state index in [9.17, 15) is 15.0 Å². The number of rotatable bonds is 7. The number of carbonyl (C=O) groups excluding carboxylic acids is 1. The maximum Gasteiger partial charge on any atom is 0.407 e. The monoisotopic (exact) mass is 329 g/mol. The zero-order chi connectivity index (χ0) is 17.4. The van der Waals surface area contributed by atoms with E-state index in [2.05, 4.69) is 5.32 Å². The third kappa shape index (κ3) is 5.37. The number of aryl methyl sites for hydroxylation is 1. The molecule has 0 saturated heterocycles. The Morgan fingerprint density at radius 2 is 1.79 bits per heavy atom. The predicted molar refractivity (Wildman–Crippen MR) is 91.4 cm³/mol. The molecule has 0 saturated carbocycles. The fourth-order valence-corrected chi connectivity index (χ4v) is 2.29. The molecule has 0 heterocycles. The normalized spacial score (nSPS) is 13.1. The van der Waals surface area contributed by atoms with Crippen molar-refractivity contribution in [3.8, 4) is 0 Å². The lowest BCUT2D eigenvalue weighted by Crippen LogP contribution is -2.35. The van der Waals surface area contributed by atoms with Crippen molar-refractivity contribution in [2.75, 3.05) is 6.54 Å². The lowest BCUT2D eigenvalue weighted by atomic mass is 10.0. The topological polar surface area (TPSA) is 78.8 Å². The molecule has 0 aromatic heterocycles. The first kappa shape index (κ1) is 18.0. The molecule has 5 nitrogen and oxygen atoms in total. The van der Waals surface area contributed by atoms with Gasteiger partial charge in [-0.3, -0.25) is 0 Å². The van der Waals surface area contributed by atoms with Crippen LogP contribution in [0.3, 0.4) is 0 Å². The summed E-state index contributed by atoms with van der Waals surface area (Å²) in [4.78, 5) is 11.7. The van der Waals surface area contributed by atoms with Gasteiger partial charge in [0.05, 0.1) is 0 Å². The van der Waals surface area contributed by atoms with Gasteiger partial charge in [0.2, 0.25) is 0 Å². The molecule has 24 heavy (non-hydrogen) atoms. The van der Waals surface area contributed by atoms with Crippen LogP contribution in [0.15, 0.2) is 54.6 Å². The summed E-state index contributed by atoms with van der Waals surface area (Å²) in [5.41, 5.74) is 2.58. The summed E-state index contributed by atoms with van der Waals surface area (Å²) in [5, 5.41) is 22.7. The first-order valence-corrected chi connectivity index (χ1v) is 7.99. The van der Waals surface area contributed by atoms with Crippen LogP contribution >= 0.6 is 0 Å². The second kappa shape index (κ2) is 9.05. The fourth-order valence-electron chi connectivity index (χ4n) is 2.29. The number of nitrogens with one attached hydrogen (secondary N) is 1. The first-order chi connectivity index (χ1) is 11.6. The minimum Gasteiger partial charge on any atom is -0.445 e. The minimum absolute atomic E-state index is 0.0921. The zero-order valence-corrected chi connectivity index (χ0v) is 13.7. The van der Waals surface area contributed by atoms with Crippen molar-refractivity contribution in [3.05, 3.63) is 71.3 Å². The van der Waals surface area contributed by atoms with E-state index in [1.54, 1.807) is 6.07 Å². The van der Waals surface area contributed by atoms with Gasteiger partial charge in [0.1, 0.15) is 18.8 Å². The molecule has 0 aliphatic rings. The van der Waals surface area contributed by atoms with Gasteiger partial charge >= 0.3 is 6.09 Å². The molecule has 0 aliphatic carbocycles. The lowest BCUT2D eigenvalue weighted by Gasteiger charge is -2.19. The van der Waals surface area contributed by atoms with Gasteiger partial charge in [-0.2, -0.15) is 0 Å². The van der Waals surface area contributed by atoms with Crippen molar-refractivity contribution in [2.45, 2.75) is 32.2 Å². The van der Waals surface area contributed by atoms with Crippen molar-refractivity contribution in [1.82, 2.24) is 5.32 Å². The standard InChI is InChI=1S/C19H23NO4/c1-2-14-9-6-10-16(11-14)18(22)17(21)12-20-19(23)24-13-15-7-4-3-5-8-15/h3-11,17-18,21-22H,2,12-13H2,1H3,(H,20,23). The van der Waals surface area contributed by atoms with Gasteiger partial charge in [-0.1, -0.05) is 61.5 Å². The molecule has 0 bridgehead atoms. The summed E-state index contributed by atoms with van der Waals surface area (Å²) in [5.74, 6) is 0. The molecule has 0 radical (unpaired) electrons. The Kier molecular flexibility index (Phi) is 6.78. The largest absolute Gasteiger partial charge is 0.445 e. The van der Waals surface area contributed by atoms with Gasteiger partial charge in [0.25, 0.3) is 0 Å². The number of hydrogen-bond donors (Lipinski definition) is 3. The Labute approximate surface area is 141 Å².